The fraction of sp³-hybridized carbons (Fsp3) is 0.353. The lowest BCUT2D eigenvalue weighted by atomic mass is 10.0. The number of hydrogen-bond donors (Lipinski definition) is 1. The third-order valence-corrected chi connectivity index (χ3v) is 4.30. The highest BCUT2D eigenvalue weighted by atomic mass is 16.5. The van der Waals surface area contributed by atoms with E-state index in [-0.39, 0.29) is 17.7 Å². The van der Waals surface area contributed by atoms with E-state index in [2.05, 4.69) is 25.1 Å². The van der Waals surface area contributed by atoms with E-state index in [9.17, 15) is 0 Å². The van der Waals surface area contributed by atoms with Crippen LogP contribution < -0.4 is 10.6 Å². The van der Waals surface area contributed by atoms with Gasteiger partial charge in [-0.05, 0) is 25.0 Å². The monoisotopic (exact) mass is 353 g/mol. The molecular formula is C17H19N7O2. The molecule has 0 spiro atoms. The minimum atomic E-state index is 0.102. The van der Waals surface area contributed by atoms with Crippen LogP contribution in [0.5, 0.6) is 0 Å². The smallest absolute Gasteiger partial charge is 0.240 e. The van der Waals surface area contributed by atoms with Crippen LogP contribution in [0, 0.1) is 0 Å². The van der Waals surface area contributed by atoms with Crippen LogP contribution in [-0.4, -0.2) is 45.4 Å². The summed E-state index contributed by atoms with van der Waals surface area (Å²) >= 11 is 0. The first-order chi connectivity index (χ1) is 12.7. The van der Waals surface area contributed by atoms with Crippen LogP contribution in [-0.2, 0) is 4.74 Å². The Balaban J connectivity index is 1.63. The maximum atomic E-state index is 5.87. The Hall–Kier alpha value is -3.07. The Bertz CT molecular complexity index is 878. The Labute approximate surface area is 150 Å². The Morgan fingerprint density at radius 2 is 1.77 bits per heavy atom. The highest BCUT2D eigenvalue weighted by Crippen LogP contribution is 2.27. The highest BCUT2D eigenvalue weighted by Gasteiger charge is 2.23. The number of aromatic nitrogens is 5. The van der Waals surface area contributed by atoms with Gasteiger partial charge in [0.25, 0.3) is 0 Å². The maximum Gasteiger partial charge on any atom is 0.240 e. The molecule has 1 fully saturated rings. The van der Waals surface area contributed by atoms with E-state index in [1.165, 1.54) is 0 Å². The summed E-state index contributed by atoms with van der Waals surface area (Å²) in [4.78, 5) is 19.1. The van der Waals surface area contributed by atoms with Crippen molar-refractivity contribution in [3.8, 4) is 11.6 Å². The van der Waals surface area contributed by atoms with Gasteiger partial charge in [-0.1, -0.05) is 23.4 Å². The second-order valence-corrected chi connectivity index (χ2v) is 6.05. The molecule has 0 radical (unpaired) electrons. The number of rotatable bonds is 4. The van der Waals surface area contributed by atoms with Crippen LogP contribution in [0.1, 0.15) is 24.7 Å². The largest absolute Gasteiger partial charge is 0.381 e. The third-order valence-electron chi connectivity index (χ3n) is 4.30. The van der Waals surface area contributed by atoms with Gasteiger partial charge in [0.05, 0.1) is 0 Å². The number of ether oxygens (including phenoxy) is 1. The first-order valence-corrected chi connectivity index (χ1v) is 8.43. The number of nitrogens with zero attached hydrogens (tertiary/aromatic N) is 6. The molecule has 1 aromatic carbocycles. The molecule has 0 amide bonds. The molecule has 1 saturated heterocycles. The van der Waals surface area contributed by atoms with Crippen molar-refractivity contribution in [2.75, 3.05) is 30.9 Å². The van der Waals surface area contributed by atoms with Crippen molar-refractivity contribution in [1.29, 1.82) is 0 Å². The predicted octanol–water partition coefficient (Wildman–Crippen LogP) is 2.17. The fourth-order valence-corrected chi connectivity index (χ4v) is 2.83. The van der Waals surface area contributed by atoms with Gasteiger partial charge in [0.15, 0.2) is 0 Å². The van der Waals surface area contributed by atoms with E-state index in [4.69, 9.17) is 15.0 Å². The summed E-state index contributed by atoms with van der Waals surface area (Å²) in [5.74, 6) is 1.90. The van der Waals surface area contributed by atoms with Gasteiger partial charge in [-0.2, -0.15) is 19.9 Å². The molecule has 9 nitrogen and oxygen atoms in total. The van der Waals surface area contributed by atoms with Crippen molar-refractivity contribution < 1.29 is 9.26 Å². The molecule has 0 atom stereocenters. The zero-order valence-corrected chi connectivity index (χ0v) is 14.4. The van der Waals surface area contributed by atoms with E-state index in [0.717, 1.165) is 18.5 Å². The molecule has 1 aliphatic rings. The highest BCUT2D eigenvalue weighted by molar-refractivity contribution is 5.58. The molecule has 0 bridgehead atoms. The van der Waals surface area contributed by atoms with Crippen LogP contribution in [0.25, 0.3) is 11.6 Å². The number of para-hydroxylation sites is 1. The molecule has 0 aliphatic carbocycles. The van der Waals surface area contributed by atoms with Gasteiger partial charge in [-0.25, -0.2) is 0 Å². The van der Waals surface area contributed by atoms with Gasteiger partial charge in [0.2, 0.25) is 29.4 Å². The second kappa shape index (κ2) is 7.04. The number of hydrogen-bond acceptors (Lipinski definition) is 9. The van der Waals surface area contributed by atoms with Crippen LogP contribution in [0.3, 0.4) is 0 Å². The minimum absolute atomic E-state index is 0.102. The zero-order chi connectivity index (χ0) is 17.9. The number of benzene rings is 1. The van der Waals surface area contributed by atoms with Crippen LogP contribution >= 0.6 is 0 Å². The second-order valence-electron chi connectivity index (χ2n) is 6.05. The molecular weight excluding hydrogens is 334 g/mol. The summed E-state index contributed by atoms with van der Waals surface area (Å²) in [6.45, 7) is 1.40. The SMILES string of the molecule is CN(c1ccccc1)c1nc(N)nc(-c2noc(C3CCOCC3)n2)n1. The molecule has 9 heteroatoms. The minimum Gasteiger partial charge on any atom is -0.381 e. The van der Waals surface area contributed by atoms with E-state index in [1.807, 2.05) is 42.3 Å². The molecule has 134 valence electrons. The van der Waals surface area contributed by atoms with Crippen molar-refractivity contribution in [1.82, 2.24) is 25.1 Å². The summed E-state index contributed by atoms with van der Waals surface area (Å²) < 4.78 is 10.8. The van der Waals surface area contributed by atoms with Gasteiger partial charge in [-0.3, -0.25) is 0 Å². The average Bonchev–Trinajstić information content (AvgIpc) is 3.19. The van der Waals surface area contributed by atoms with Crippen molar-refractivity contribution >= 4 is 17.6 Å². The Morgan fingerprint density at radius 1 is 1.00 bits per heavy atom. The number of anilines is 3. The van der Waals surface area contributed by atoms with Crippen molar-refractivity contribution in [3.05, 3.63) is 36.2 Å². The number of nitrogens with two attached hydrogens (primary N) is 1. The lowest BCUT2D eigenvalue weighted by molar-refractivity contribution is 0.0778. The van der Waals surface area contributed by atoms with Crippen molar-refractivity contribution in [2.24, 2.45) is 0 Å². The first-order valence-electron chi connectivity index (χ1n) is 8.43. The summed E-state index contributed by atoms with van der Waals surface area (Å²) in [6, 6.07) is 9.74. The van der Waals surface area contributed by atoms with E-state index >= 15 is 0 Å². The van der Waals surface area contributed by atoms with Crippen molar-refractivity contribution in [3.63, 3.8) is 0 Å². The molecule has 3 heterocycles. The quantitative estimate of drug-likeness (QED) is 0.753. The lowest BCUT2D eigenvalue weighted by Gasteiger charge is -2.18. The molecule has 2 aromatic heterocycles. The molecule has 2 N–H and O–H groups in total. The molecule has 26 heavy (non-hydrogen) atoms. The van der Waals surface area contributed by atoms with Crippen LogP contribution in [0.15, 0.2) is 34.9 Å². The Morgan fingerprint density at radius 3 is 2.54 bits per heavy atom. The first kappa shape index (κ1) is 16.4. The summed E-state index contributed by atoms with van der Waals surface area (Å²) in [7, 11) is 1.86. The third kappa shape index (κ3) is 3.33. The van der Waals surface area contributed by atoms with Gasteiger partial charge in [0.1, 0.15) is 0 Å². The van der Waals surface area contributed by atoms with E-state index < -0.39 is 0 Å². The normalized spacial score (nSPS) is 15.1. The van der Waals surface area contributed by atoms with E-state index in [0.29, 0.717) is 30.9 Å². The van der Waals surface area contributed by atoms with E-state index in [1.54, 1.807) is 0 Å². The molecule has 0 saturated carbocycles. The Kier molecular flexibility index (Phi) is 4.44. The van der Waals surface area contributed by atoms with Crippen molar-refractivity contribution in [2.45, 2.75) is 18.8 Å². The van der Waals surface area contributed by atoms with Crippen LogP contribution in [0.2, 0.25) is 0 Å². The van der Waals surface area contributed by atoms with Gasteiger partial charge in [0, 0.05) is 31.9 Å². The van der Waals surface area contributed by atoms with Gasteiger partial charge >= 0.3 is 0 Å². The average molecular weight is 353 g/mol. The zero-order valence-electron chi connectivity index (χ0n) is 14.4. The lowest BCUT2D eigenvalue weighted by Crippen LogP contribution is -2.15. The van der Waals surface area contributed by atoms with Gasteiger partial charge < -0.3 is 19.9 Å². The topological polar surface area (TPSA) is 116 Å². The standard InChI is InChI=1S/C17H19N7O2/c1-24(12-5-3-2-4-6-12)17-21-13(20-16(18)22-17)14-19-15(26-23-14)11-7-9-25-10-8-11/h2-6,11H,7-10H2,1H3,(H2,18,20,21,22). The molecule has 0 unspecified atom stereocenters. The van der Waals surface area contributed by atoms with Crippen LogP contribution in [0.4, 0.5) is 17.6 Å². The predicted molar refractivity (Wildman–Crippen MR) is 94.8 cm³/mol. The summed E-state index contributed by atoms with van der Waals surface area (Å²) in [6.07, 6.45) is 1.73. The number of nitrogen functional groups attached to an aromatic ring is 1. The summed E-state index contributed by atoms with van der Waals surface area (Å²) in [5.41, 5.74) is 6.80. The fourth-order valence-electron chi connectivity index (χ4n) is 2.83. The molecule has 4 rings (SSSR count). The summed E-state index contributed by atoms with van der Waals surface area (Å²) in [5, 5.41) is 4.02. The molecule has 3 aromatic rings. The van der Waals surface area contributed by atoms with Gasteiger partial charge in [-0.15, -0.1) is 0 Å². The maximum absolute atomic E-state index is 5.87. The molecule has 1 aliphatic heterocycles.